The van der Waals surface area contributed by atoms with Gasteiger partial charge in [-0.25, -0.2) is 14.9 Å². The first-order chi connectivity index (χ1) is 10.5. The second-order valence-corrected chi connectivity index (χ2v) is 4.28. The molecule has 3 N–H and O–H groups in total. The maximum atomic E-state index is 12.2. The lowest BCUT2D eigenvalue weighted by atomic mass is 10.2. The molecule has 0 aliphatic carbocycles. The van der Waals surface area contributed by atoms with Crippen LogP contribution in [0.25, 0.3) is 0 Å². The van der Waals surface area contributed by atoms with Gasteiger partial charge in [-0.1, -0.05) is 6.07 Å². The molecule has 0 saturated heterocycles. The molecule has 0 radical (unpaired) electrons. The van der Waals surface area contributed by atoms with Gasteiger partial charge in [0.15, 0.2) is 0 Å². The lowest BCUT2D eigenvalue weighted by Crippen LogP contribution is -2.43. The van der Waals surface area contributed by atoms with Gasteiger partial charge in [-0.15, -0.1) is 0 Å². The number of nitrogen functional groups attached to an aromatic ring is 1. The zero-order valence-corrected chi connectivity index (χ0v) is 11.7. The molecule has 0 aliphatic rings. The number of aromatic nitrogens is 2. The molecule has 8 heteroatoms. The summed E-state index contributed by atoms with van der Waals surface area (Å²) in [5.74, 6) is -2.72. The van der Waals surface area contributed by atoms with E-state index >= 15 is 0 Å². The van der Waals surface area contributed by atoms with Gasteiger partial charge in [-0.2, -0.15) is 0 Å². The van der Waals surface area contributed by atoms with Crippen LogP contribution in [0.15, 0.2) is 42.7 Å². The number of amides is 3. The molecule has 3 amide bonds. The summed E-state index contributed by atoms with van der Waals surface area (Å²) in [5, 5.41) is 2.23. The van der Waals surface area contributed by atoms with Crippen molar-refractivity contribution < 1.29 is 14.4 Å². The third kappa shape index (κ3) is 3.42. The largest absolute Gasteiger partial charge is 0.399 e. The van der Waals surface area contributed by atoms with E-state index in [2.05, 4.69) is 15.3 Å². The van der Waals surface area contributed by atoms with Gasteiger partial charge in [0.25, 0.3) is 0 Å². The normalized spacial score (nSPS) is 9.86. The smallest absolute Gasteiger partial charge is 0.323 e. The first-order valence-corrected chi connectivity index (χ1v) is 6.27. The fourth-order valence-corrected chi connectivity index (χ4v) is 1.73. The Balaban J connectivity index is 2.23. The van der Waals surface area contributed by atoms with Crippen LogP contribution in [-0.4, -0.2) is 27.7 Å². The lowest BCUT2D eigenvalue weighted by molar-refractivity contribution is -0.136. The predicted octanol–water partition coefficient (Wildman–Crippen LogP) is 0.577. The summed E-state index contributed by atoms with van der Waals surface area (Å²) in [6.45, 7) is 1.17. The average molecular weight is 299 g/mol. The van der Waals surface area contributed by atoms with Gasteiger partial charge in [-0.3, -0.25) is 19.7 Å². The summed E-state index contributed by atoms with van der Waals surface area (Å²) in [6.07, 6.45) is 2.82. The van der Waals surface area contributed by atoms with Crippen molar-refractivity contribution in [3.05, 3.63) is 42.7 Å². The Bertz CT molecular complexity index is 717. The Labute approximate surface area is 126 Å². The van der Waals surface area contributed by atoms with Gasteiger partial charge in [0.05, 0.1) is 5.69 Å². The Morgan fingerprint density at radius 3 is 2.41 bits per heavy atom. The molecule has 1 aromatic heterocycles. The van der Waals surface area contributed by atoms with E-state index in [1.807, 2.05) is 0 Å². The Morgan fingerprint density at radius 2 is 1.82 bits per heavy atom. The van der Waals surface area contributed by atoms with E-state index in [9.17, 15) is 14.4 Å². The van der Waals surface area contributed by atoms with Crippen molar-refractivity contribution in [1.29, 1.82) is 0 Å². The molecular weight excluding hydrogens is 286 g/mol. The van der Waals surface area contributed by atoms with Gasteiger partial charge in [-0.05, 0) is 24.3 Å². The molecule has 0 bridgehead atoms. The number of carbonyl (C=O) groups excluding carboxylic acids is 3. The van der Waals surface area contributed by atoms with Crippen LogP contribution >= 0.6 is 0 Å². The van der Waals surface area contributed by atoms with E-state index < -0.39 is 17.7 Å². The van der Waals surface area contributed by atoms with Crippen LogP contribution in [-0.2, 0) is 14.4 Å². The number of anilines is 3. The topological polar surface area (TPSA) is 118 Å². The summed E-state index contributed by atoms with van der Waals surface area (Å²) in [4.78, 5) is 44.1. The minimum absolute atomic E-state index is 0.0306. The van der Waals surface area contributed by atoms with Crippen LogP contribution in [0.3, 0.4) is 0 Å². The lowest BCUT2D eigenvalue weighted by Gasteiger charge is -2.18. The maximum absolute atomic E-state index is 12.2. The predicted molar refractivity (Wildman–Crippen MR) is 79.7 cm³/mol. The number of nitrogens with zero attached hydrogens (tertiary/aromatic N) is 3. The van der Waals surface area contributed by atoms with Crippen molar-refractivity contribution in [3.8, 4) is 0 Å². The molecule has 112 valence electrons. The van der Waals surface area contributed by atoms with Crippen LogP contribution < -0.4 is 16.0 Å². The molecular formula is C14H13N5O3. The molecule has 0 atom stereocenters. The molecule has 0 spiro atoms. The standard InChI is InChI=1S/C14H13N5O3/c1-9(20)19(11-5-2-4-10(15)8-11)13(22)12(21)18-14-16-6-3-7-17-14/h2-8H,15H2,1H3,(H,16,17,18,21). The molecule has 2 rings (SSSR count). The Morgan fingerprint density at radius 1 is 1.14 bits per heavy atom. The van der Waals surface area contributed by atoms with Crippen molar-refractivity contribution in [2.24, 2.45) is 0 Å². The molecule has 1 aromatic carbocycles. The molecule has 0 fully saturated rings. The van der Waals surface area contributed by atoms with Crippen molar-refractivity contribution >= 4 is 35.0 Å². The van der Waals surface area contributed by atoms with E-state index in [1.54, 1.807) is 18.2 Å². The van der Waals surface area contributed by atoms with Crippen LogP contribution in [0.4, 0.5) is 17.3 Å². The van der Waals surface area contributed by atoms with E-state index in [-0.39, 0.29) is 11.6 Å². The highest BCUT2D eigenvalue weighted by Gasteiger charge is 2.27. The average Bonchev–Trinajstić information content (AvgIpc) is 2.48. The first-order valence-electron chi connectivity index (χ1n) is 6.27. The highest BCUT2D eigenvalue weighted by atomic mass is 16.2. The van der Waals surface area contributed by atoms with Gasteiger partial charge in [0.1, 0.15) is 0 Å². The fraction of sp³-hybridized carbons (Fsp3) is 0.0714. The Hall–Kier alpha value is -3.29. The summed E-state index contributed by atoms with van der Waals surface area (Å²) in [6, 6.07) is 7.66. The maximum Gasteiger partial charge on any atom is 0.323 e. The molecule has 1 heterocycles. The van der Waals surface area contributed by atoms with E-state index in [1.165, 1.54) is 31.5 Å². The molecule has 0 aliphatic heterocycles. The SMILES string of the molecule is CC(=O)N(C(=O)C(=O)Nc1ncccn1)c1cccc(N)c1. The number of hydrogen-bond acceptors (Lipinski definition) is 6. The minimum Gasteiger partial charge on any atom is -0.399 e. The van der Waals surface area contributed by atoms with Crippen LogP contribution in [0.5, 0.6) is 0 Å². The van der Waals surface area contributed by atoms with Crippen LogP contribution in [0, 0.1) is 0 Å². The number of nitrogens with two attached hydrogens (primary N) is 1. The zero-order valence-electron chi connectivity index (χ0n) is 11.7. The molecule has 8 nitrogen and oxygen atoms in total. The van der Waals surface area contributed by atoms with Crippen molar-refractivity contribution in [2.75, 3.05) is 16.0 Å². The number of hydrogen-bond donors (Lipinski definition) is 2. The van der Waals surface area contributed by atoms with Gasteiger partial charge < -0.3 is 5.73 Å². The number of nitrogens with one attached hydrogen (secondary N) is 1. The quantitative estimate of drug-likeness (QED) is 0.618. The molecule has 2 aromatic rings. The molecule has 0 saturated carbocycles. The molecule has 22 heavy (non-hydrogen) atoms. The highest BCUT2D eigenvalue weighted by molar-refractivity contribution is 6.48. The van der Waals surface area contributed by atoms with Crippen LogP contribution in [0.2, 0.25) is 0 Å². The zero-order chi connectivity index (χ0) is 16.1. The Kier molecular flexibility index (Phi) is 4.42. The summed E-state index contributed by atoms with van der Waals surface area (Å²) >= 11 is 0. The van der Waals surface area contributed by atoms with Crippen molar-refractivity contribution in [1.82, 2.24) is 9.97 Å². The number of carbonyl (C=O) groups is 3. The number of benzene rings is 1. The van der Waals surface area contributed by atoms with E-state index in [0.717, 1.165) is 4.90 Å². The van der Waals surface area contributed by atoms with E-state index in [0.29, 0.717) is 5.69 Å². The van der Waals surface area contributed by atoms with E-state index in [4.69, 9.17) is 5.73 Å². The second-order valence-electron chi connectivity index (χ2n) is 4.28. The monoisotopic (exact) mass is 299 g/mol. The van der Waals surface area contributed by atoms with Gasteiger partial charge in [0.2, 0.25) is 11.9 Å². The first kappa shape index (κ1) is 15.1. The van der Waals surface area contributed by atoms with Crippen molar-refractivity contribution in [2.45, 2.75) is 6.92 Å². The minimum atomic E-state index is -1.05. The number of rotatable bonds is 2. The molecule has 0 unspecified atom stereocenters. The summed E-state index contributed by atoms with van der Waals surface area (Å²) < 4.78 is 0. The van der Waals surface area contributed by atoms with Gasteiger partial charge in [0, 0.05) is 25.0 Å². The highest BCUT2D eigenvalue weighted by Crippen LogP contribution is 2.18. The van der Waals surface area contributed by atoms with Crippen molar-refractivity contribution in [3.63, 3.8) is 0 Å². The number of imide groups is 1. The summed E-state index contributed by atoms with van der Waals surface area (Å²) in [7, 11) is 0. The summed E-state index contributed by atoms with van der Waals surface area (Å²) in [5.41, 5.74) is 6.20. The third-order valence-electron chi connectivity index (χ3n) is 2.63. The van der Waals surface area contributed by atoms with Crippen LogP contribution in [0.1, 0.15) is 6.92 Å². The third-order valence-corrected chi connectivity index (χ3v) is 2.63. The van der Waals surface area contributed by atoms with Gasteiger partial charge >= 0.3 is 11.8 Å². The second kappa shape index (κ2) is 6.44. The fourth-order valence-electron chi connectivity index (χ4n) is 1.73.